The number of carbonyl (C=O) groups excluding carboxylic acids is 2. The van der Waals surface area contributed by atoms with Crippen molar-refractivity contribution >= 4 is 39.9 Å². The summed E-state index contributed by atoms with van der Waals surface area (Å²) in [5.41, 5.74) is 7.99. The summed E-state index contributed by atoms with van der Waals surface area (Å²) in [5.74, 6) is -0.135. The zero-order valence-corrected chi connectivity index (χ0v) is 19.0. The van der Waals surface area contributed by atoms with Gasteiger partial charge in [0.05, 0.1) is 16.8 Å². The third kappa shape index (κ3) is 4.29. The zero-order chi connectivity index (χ0) is 22.8. The summed E-state index contributed by atoms with van der Waals surface area (Å²) in [5, 5.41) is 1.64. The monoisotopic (exact) mass is 457 g/mol. The molecule has 33 heavy (non-hydrogen) atoms. The number of benzene rings is 2. The van der Waals surface area contributed by atoms with E-state index in [2.05, 4.69) is 20.7 Å². The van der Waals surface area contributed by atoms with Gasteiger partial charge in [0, 0.05) is 24.0 Å². The zero-order valence-electron chi connectivity index (χ0n) is 18.2. The van der Waals surface area contributed by atoms with E-state index >= 15 is 0 Å². The minimum absolute atomic E-state index is 0.392. The molecule has 0 unspecified atom stereocenters. The molecular formula is C25H23N5O2S. The van der Waals surface area contributed by atoms with E-state index in [1.165, 1.54) is 11.3 Å². The molecule has 1 aliphatic rings. The number of carbonyl (C=O) groups is 2. The summed E-state index contributed by atoms with van der Waals surface area (Å²) in [6.07, 6.45) is 2.14. The molecule has 0 radical (unpaired) electrons. The number of amides is 2. The summed E-state index contributed by atoms with van der Waals surface area (Å²) >= 11 is 1.30. The fourth-order valence-electron chi connectivity index (χ4n) is 3.99. The van der Waals surface area contributed by atoms with Crippen molar-refractivity contribution < 1.29 is 9.59 Å². The van der Waals surface area contributed by atoms with Crippen molar-refractivity contribution in [3.63, 3.8) is 0 Å². The van der Waals surface area contributed by atoms with Gasteiger partial charge >= 0.3 is 0 Å². The SMILES string of the molecule is Cc1nc(-c2ccccc2)sc1C(=O)NNC(=O)c1cc2ccccc2nc1N1CCCC1. The highest BCUT2D eigenvalue weighted by Crippen LogP contribution is 2.28. The molecule has 1 aliphatic heterocycles. The van der Waals surface area contributed by atoms with Crippen LogP contribution in [0.5, 0.6) is 0 Å². The van der Waals surface area contributed by atoms with Crippen molar-refractivity contribution in [1.29, 1.82) is 0 Å². The summed E-state index contributed by atoms with van der Waals surface area (Å²) in [7, 11) is 0. The molecule has 4 aromatic rings. The number of hydrazine groups is 1. The van der Waals surface area contributed by atoms with E-state index in [-0.39, 0.29) is 0 Å². The summed E-state index contributed by atoms with van der Waals surface area (Å²) in [4.78, 5) is 37.8. The minimum atomic E-state index is -0.394. The van der Waals surface area contributed by atoms with Crippen molar-refractivity contribution in [1.82, 2.24) is 20.8 Å². The van der Waals surface area contributed by atoms with Gasteiger partial charge < -0.3 is 4.90 Å². The van der Waals surface area contributed by atoms with Crippen LogP contribution in [0, 0.1) is 6.92 Å². The molecule has 2 amide bonds. The number of rotatable bonds is 4. The summed E-state index contributed by atoms with van der Waals surface area (Å²) < 4.78 is 0. The Morgan fingerprint density at radius 3 is 2.39 bits per heavy atom. The number of nitrogens with one attached hydrogen (secondary N) is 2. The van der Waals surface area contributed by atoms with E-state index in [1.807, 2.05) is 60.7 Å². The van der Waals surface area contributed by atoms with Crippen LogP contribution in [-0.4, -0.2) is 34.9 Å². The predicted molar refractivity (Wildman–Crippen MR) is 130 cm³/mol. The molecule has 1 fully saturated rings. The molecule has 3 heterocycles. The van der Waals surface area contributed by atoms with Crippen LogP contribution >= 0.6 is 11.3 Å². The van der Waals surface area contributed by atoms with Gasteiger partial charge in [-0.15, -0.1) is 11.3 Å². The Labute approximate surface area is 195 Å². The molecular weight excluding hydrogens is 434 g/mol. The molecule has 0 bridgehead atoms. The van der Waals surface area contributed by atoms with Crippen LogP contribution in [0.2, 0.25) is 0 Å². The lowest BCUT2D eigenvalue weighted by Gasteiger charge is -2.20. The van der Waals surface area contributed by atoms with Gasteiger partial charge in [0.25, 0.3) is 11.8 Å². The average molecular weight is 458 g/mol. The lowest BCUT2D eigenvalue weighted by molar-refractivity contribution is 0.0848. The van der Waals surface area contributed by atoms with Gasteiger partial charge in [-0.25, -0.2) is 9.97 Å². The van der Waals surface area contributed by atoms with Crippen LogP contribution in [-0.2, 0) is 0 Å². The number of anilines is 1. The molecule has 0 atom stereocenters. The first-order valence-corrected chi connectivity index (χ1v) is 11.7. The van der Waals surface area contributed by atoms with E-state index in [0.717, 1.165) is 47.4 Å². The van der Waals surface area contributed by atoms with Crippen LogP contribution < -0.4 is 15.8 Å². The van der Waals surface area contributed by atoms with E-state index in [0.29, 0.717) is 22.0 Å². The van der Waals surface area contributed by atoms with Crippen LogP contribution in [0.1, 0.15) is 38.6 Å². The number of pyridine rings is 1. The first kappa shape index (κ1) is 21.1. The Morgan fingerprint density at radius 2 is 1.61 bits per heavy atom. The predicted octanol–water partition coefficient (Wildman–Crippen LogP) is 4.34. The molecule has 7 nitrogen and oxygen atoms in total. The van der Waals surface area contributed by atoms with Crippen molar-refractivity contribution in [2.75, 3.05) is 18.0 Å². The average Bonchev–Trinajstić information content (AvgIpc) is 3.52. The lowest BCUT2D eigenvalue weighted by atomic mass is 10.1. The Balaban J connectivity index is 1.36. The van der Waals surface area contributed by atoms with Gasteiger partial charge in [0.2, 0.25) is 0 Å². The van der Waals surface area contributed by atoms with Crippen LogP contribution in [0.3, 0.4) is 0 Å². The molecule has 5 rings (SSSR count). The third-order valence-corrected chi connectivity index (χ3v) is 6.87. The maximum absolute atomic E-state index is 13.1. The van der Waals surface area contributed by atoms with E-state index < -0.39 is 11.8 Å². The molecule has 1 saturated heterocycles. The second kappa shape index (κ2) is 8.99. The van der Waals surface area contributed by atoms with E-state index in [9.17, 15) is 9.59 Å². The first-order valence-electron chi connectivity index (χ1n) is 10.9. The standard InChI is InChI=1S/C25H23N5O2S/c1-16-21(33-25(26-16)17-9-3-2-4-10-17)24(32)29-28-23(31)19-15-18-11-5-6-12-20(18)27-22(19)30-13-7-8-14-30/h2-6,9-12,15H,7-8,13-14H2,1H3,(H,28,31)(H,29,32). The van der Waals surface area contributed by atoms with Crippen LogP contribution in [0.25, 0.3) is 21.5 Å². The van der Waals surface area contributed by atoms with Gasteiger partial charge in [-0.05, 0) is 31.9 Å². The quantitative estimate of drug-likeness (QED) is 0.445. The maximum atomic E-state index is 13.1. The largest absolute Gasteiger partial charge is 0.356 e. The Morgan fingerprint density at radius 1 is 0.909 bits per heavy atom. The van der Waals surface area contributed by atoms with Gasteiger partial charge in [0.1, 0.15) is 15.7 Å². The first-order chi connectivity index (χ1) is 16.1. The highest BCUT2D eigenvalue weighted by atomic mass is 32.1. The molecule has 2 N–H and O–H groups in total. The molecule has 0 aliphatic carbocycles. The highest BCUT2D eigenvalue weighted by Gasteiger charge is 2.23. The molecule has 2 aromatic carbocycles. The smallest absolute Gasteiger partial charge is 0.281 e. The number of nitrogens with zero attached hydrogens (tertiary/aromatic N) is 3. The number of aryl methyl sites for hydroxylation is 1. The molecule has 2 aromatic heterocycles. The maximum Gasteiger partial charge on any atom is 0.281 e. The molecule has 0 saturated carbocycles. The fourth-order valence-corrected chi connectivity index (χ4v) is 4.96. The van der Waals surface area contributed by atoms with Gasteiger partial charge in [0.15, 0.2) is 0 Å². The van der Waals surface area contributed by atoms with Crippen molar-refractivity contribution in [3.8, 4) is 10.6 Å². The van der Waals surface area contributed by atoms with E-state index in [4.69, 9.17) is 4.98 Å². The summed E-state index contributed by atoms with van der Waals surface area (Å²) in [6.45, 7) is 3.51. The number of aromatic nitrogens is 2. The number of fused-ring (bicyclic) bond motifs is 1. The second-order valence-electron chi connectivity index (χ2n) is 7.95. The second-order valence-corrected chi connectivity index (χ2v) is 8.95. The van der Waals surface area contributed by atoms with Gasteiger partial charge in [-0.1, -0.05) is 48.5 Å². The normalized spacial score (nSPS) is 13.3. The molecule has 0 spiro atoms. The lowest BCUT2D eigenvalue weighted by Crippen LogP contribution is -2.42. The van der Waals surface area contributed by atoms with Crippen molar-refractivity contribution in [3.05, 3.63) is 76.8 Å². The minimum Gasteiger partial charge on any atom is -0.356 e. The topological polar surface area (TPSA) is 87.2 Å². The number of thiazole rings is 1. The molecule has 166 valence electrons. The number of para-hydroxylation sites is 1. The van der Waals surface area contributed by atoms with Crippen molar-refractivity contribution in [2.24, 2.45) is 0 Å². The fraction of sp³-hybridized carbons (Fsp3) is 0.200. The highest BCUT2D eigenvalue weighted by molar-refractivity contribution is 7.17. The van der Waals surface area contributed by atoms with Crippen LogP contribution in [0.4, 0.5) is 5.82 Å². The number of hydrogen-bond acceptors (Lipinski definition) is 6. The number of hydrogen-bond donors (Lipinski definition) is 2. The summed E-state index contributed by atoms with van der Waals surface area (Å²) in [6, 6.07) is 19.3. The van der Waals surface area contributed by atoms with Crippen molar-refractivity contribution in [2.45, 2.75) is 19.8 Å². The Bertz CT molecular complexity index is 1330. The molecule has 8 heteroatoms. The third-order valence-electron chi connectivity index (χ3n) is 5.67. The van der Waals surface area contributed by atoms with Gasteiger partial charge in [-0.3, -0.25) is 20.4 Å². The Hall–Kier alpha value is -3.78. The van der Waals surface area contributed by atoms with Gasteiger partial charge in [-0.2, -0.15) is 0 Å². The van der Waals surface area contributed by atoms with E-state index in [1.54, 1.807) is 6.92 Å². The Kier molecular flexibility index (Phi) is 5.75. The van der Waals surface area contributed by atoms with Crippen LogP contribution in [0.15, 0.2) is 60.7 Å².